The first-order chi connectivity index (χ1) is 29.3. The largest absolute Gasteiger partial charge is 0.309 e. The van der Waals surface area contributed by atoms with Gasteiger partial charge in [-0.3, -0.25) is 8.80 Å². The average Bonchev–Trinajstić information content (AvgIpc) is 4.08. The van der Waals surface area contributed by atoms with E-state index in [1.165, 1.54) is 87.1 Å². The van der Waals surface area contributed by atoms with Crippen molar-refractivity contribution < 1.29 is 0 Å². The average molecular weight is 748 g/mol. The lowest BCUT2D eigenvalue weighted by molar-refractivity contribution is 1.18. The van der Waals surface area contributed by atoms with Crippen LogP contribution in [0.15, 0.2) is 176 Å². The molecule has 6 aromatic heterocycles. The summed E-state index contributed by atoms with van der Waals surface area (Å²) in [4.78, 5) is 11.5. The molecule has 0 saturated heterocycles. The fourth-order valence-electron chi connectivity index (χ4n) is 10.9. The highest BCUT2D eigenvalue weighted by atomic mass is 15.1. The number of hydrogen-bond acceptors (Lipinski definition) is 2. The van der Waals surface area contributed by atoms with Gasteiger partial charge < -0.3 is 4.57 Å². The van der Waals surface area contributed by atoms with Gasteiger partial charge in [0.15, 0.2) is 11.3 Å². The van der Waals surface area contributed by atoms with Gasteiger partial charge in [-0.2, -0.15) is 0 Å². The fourth-order valence-corrected chi connectivity index (χ4v) is 10.9. The van der Waals surface area contributed by atoms with Gasteiger partial charge in [0.05, 0.1) is 33.1 Å². The summed E-state index contributed by atoms with van der Waals surface area (Å²) < 4.78 is 7.18. The highest BCUT2D eigenvalue weighted by Crippen LogP contribution is 2.47. The summed E-state index contributed by atoms with van der Waals surface area (Å²) in [6.45, 7) is 0. The summed E-state index contributed by atoms with van der Waals surface area (Å²) in [5, 5.41) is 14.6. The SMILES string of the molecule is c1ccc(-n2c3ccccc3c3cc(-c4cccc5c6cc7ccccc7c7c8nc9c(nc8n(c45)c67)c4cccc5c6c7ccccc7ccc6n9c45)ccc32)cc1. The second-order valence-electron chi connectivity index (χ2n) is 16.1. The van der Waals surface area contributed by atoms with E-state index in [4.69, 9.17) is 9.97 Å². The van der Waals surface area contributed by atoms with Crippen molar-refractivity contribution in [3.8, 4) is 16.8 Å². The van der Waals surface area contributed by atoms with E-state index in [9.17, 15) is 0 Å². The predicted molar refractivity (Wildman–Crippen MR) is 246 cm³/mol. The van der Waals surface area contributed by atoms with Gasteiger partial charge in [-0.25, -0.2) is 9.97 Å². The molecule has 0 radical (unpaired) electrons. The zero-order valence-electron chi connectivity index (χ0n) is 31.5. The minimum Gasteiger partial charge on any atom is -0.309 e. The van der Waals surface area contributed by atoms with E-state index >= 15 is 0 Å². The third kappa shape index (κ3) is 3.59. The third-order valence-electron chi connectivity index (χ3n) is 13.2. The van der Waals surface area contributed by atoms with E-state index in [1.807, 2.05) is 0 Å². The highest BCUT2D eigenvalue weighted by molar-refractivity contribution is 6.33. The minimum absolute atomic E-state index is 0.891. The Morgan fingerprint density at radius 2 is 1.00 bits per heavy atom. The third-order valence-corrected chi connectivity index (χ3v) is 13.2. The van der Waals surface area contributed by atoms with Gasteiger partial charge in [0.2, 0.25) is 0 Å². The zero-order valence-corrected chi connectivity index (χ0v) is 31.5. The molecule has 15 rings (SSSR count). The summed E-state index contributed by atoms with van der Waals surface area (Å²) in [6, 6.07) is 64.2. The summed E-state index contributed by atoms with van der Waals surface area (Å²) >= 11 is 0. The van der Waals surface area contributed by atoms with E-state index in [0.29, 0.717) is 0 Å². The summed E-state index contributed by atoms with van der Waals surface area (Å²) in [5.41, 5.74) is 14.2. The maximum Gasteiger partial charge on any atom is 0.165 e. The van der Waals surface area contributed by atoms with E-state index in [2.05, 4.69) is 189 Å². The van der Waals surface area contributed by atoms with Crippen molar-refractivity contribution in [2.24, 2.45) is 0 Å². The Morgan fingerprint density at radius 3 is 1.90 bits per heavy atom. The van der Waals surface area contributed by atoms with Crippen LogP contribution in [0.4, 0.5) is 0 Å². The molecule has 0 fully saturated rings. The second kappa shape index (κ2) is 10.5. The molecule has 59 heavy (non-hydrogen) atoms. The maximum atomic E-state index is 5.73. The molecule has 9 aromatic carbocycles. The minimum atomic E-state index is 0.891. The van der Waals surface area contributed by atoms with Crippen LogP contribution in [0, 0.1) is 0 Å². The molecule has 0 amide bonds. The van der Waals surface area contributed by atoms with Crippen molar-refractivity contribution in [2.45, 2.75) is 0 Å². The van der Waals surface area contributed by atoms with Gasteiger partial charge in [-0.15, -0.1) is 0 Å². The van der Waals surface area contributed by atoms with Gasteiger partial charge in [0.1, 0.15) is 11.0 Å². The van der Waals surface area contributed by atoms with Crippen LogP contribution in [0.1, 0.15) is 0 Å². The number of para-hydroxylation sites is 4. The summed E-state index contributed by atoms with van der Waals surface area (Å²) in [5.74, 6) is 0. The Morgan fingerprint density at radius 1 is 0.339 bits per heavy atom. The standard InChI is InChI=1S/C54H29N5/c1-2-14-33(15-3-1)57-43-23-9-8-18-37(43)41-28-32(25-26-44(41)57)36-19-10-20-38-42-29-31-13-5-7-17-35(31)47-49-54(59(50(36)38)52(42)47)55-48-40-22-11-21-39-46-34-16-6-4-12-30(34)24-27-45(46)58(51(39)40)53(48)56-49/h1-29H. The number of fused-ring (bicyclic) bond motifs is 19. The predicted octanol–water partition coefficient (Wildman–Crippen LogP) is 13.8. The Labute approximate surface area is 334 Å². The lowest BCUT2D eigenvalue weighted by Crippen LogP contribution is -1.93. The lowest BCUT2D eigenvalue weighted by Gasteiger charge is -2.09. The van der Waals surface area contributed by atoms with Crippen LogP contribution in [0.25, 0.3) is 137 Å². The van der Waals surface area contributed by atoms with Crippen LogP contribution in [0.2, 0.25) is 0 Å². The van der Waals surface area contributed by atoms with Gasteiger partial charge >= 0.3 is 0 Å². The van der Waals surface area contributed by atoms with Crippen LogP contribution >= 0.6 is 0 Å². The van der Waals surface area contributed by atoms with Crippen LogP contribution in [-0.4, -0.2) is 23.3 Å². The Bertz CT molecular complexity index is 4300. The van der Waals surface area contributed by atoms with Gasteiger partial charge in [-0.1, -0.05) is 133 Å². The van der Waals surface area contributed by atoms with Crippen molar-refractivity contribution in [3.05, 3.63) is 176 Å². The number of benzene rings is 9. The van der Waals surface area contributed by atoms with Crippen LogP contribution in [-0.2, 0) is 0 Å². The van der Waals surface area contributed by atoms with E-state index in [1.54, 1.807) is 0 Å². The molecule has 0 aliphatic rings. The summed E-state index contributed by atoms with van der Waals surface area (Å²) in [6.07, 6.45) is 0. The number of hydrogen-bond donors (Lipinski definition) is 0. The Kier molecular flexibility index (Phi) is 5.36. The highest BCUT2D eigenvalue weighted by Gasteiger charge is 2.27. The molecule has 5 heteroatoms. The summed E-state index contributed by atoms with van der Waals surface area (Å²) in [7, 11) is 0. The Hall–Kier alpha value is -8.02. The molecule has 6 heterocycles. The first kappa shape index (κ1) is 30.2. The van der Waals surface area contributed by atoms with Crippen molar-refractivity contribution in [1.82, 2.24) is 23.3 Å². The first-order valence-corrected chi connectivity index (χ1v) is 20.3. The molecule has 0 N–H and O–H groups in total. The smallest absolute Gasteiger partial charge is 0.165 e. The molecule has 5 nitrogen and oxygen atoms in total. The van der Waals surface area contributed by atoms with Gasteiger partial charge in [0.25, 0.3) is 0 Å². The molecule has 15 aromatic rings. The van der Waals surface area contributed by atoms with E-state index in [0.717, 1.165) is 49.8 Å². The van der Waals surface area contributed by atoms with E-state index in [-0.39, 0.29) is 0 Å². The molecule has 270 valence electrons. The quantitative estimate of drug-likeness (QED) is 0.177. The molecule has 0 saturated carbocycles. The molecule has 0 atom stereocenters. The molecular weight excluding hydrogens is 719 g/mol. The zero-order chi connectivity index (χ0) is 38.1. The Balaban J connectivity index is 1.10. The van der Waals surface area contributed by atoms with Crippen molar-refractivity contribution >= 4 is 120 Å². The van der Waals surface area contributed by atoms with E-state index < -0.39 is 0 Å². The number of nitrogens with zero attached hydrogens (tertiary/aromatic N) is 5. The van der Waals surface area contributed by atoms with Gasteiger partial charge in [0, 0.05) is 54.3 Å². The molecule has 0 aliphatic heterocycles. The second-order valence-corrected chi connectivity index (χ2v) is 16.1. The van der Waals surface area contributed by atoms with Crippen LogP contribution in [0.3, 0.4) is 0 Å². The number of rotatable bonds is 2. The first-order valence-electron chi connectivity index (χ1n) is 20.3. The monoisotopic (exact) mass is 747 g/mol. The van der Waals surface area contributed by atoms with Crippen molar-refractivity contribution in [3.63, 3.8) is 0 Å². The number of aromatic nitrogens is 5. The fraction of sp³-hybridized carbons (Fsp3) is 0. The molecule has 0 aliphatic carbocycles. The normalized spacial score (nSPS) is 12.7. The van der Waals surface area contributed by atoms with Crippen molar-refractivity contribution in [2.75, 3.05) is 0 Å². The lowest BCUT2D eigenvalue weighted by atomic mass is 9.98. The molecule has 0 spiro atoms. The topological polar surface area (TPSA) is 39.5 Å². The van der Waals surface area contributed by atoms with Crippen LogP contribution < -0.4 is 0 Å². The molecule has 0 bridgehead atoms. The molecular formula is C54H29N5. The maximum absolute atomic E-state index is 5.73. The van der Waals surface area contributed by atoms with Crippen LogP contribution in [0.5, 0.6) is 0 Å². The van der Waals surface area contributed by atoms with Crippen molar-refractivity contribution in [1.29, 1.82) is 0 Å². The molecule has 0 unspecified atom stereocenters. The van der Waals surface area contributed by atoms with Gasteiger partial charge in [-0.05, 0) is 69.6 Å².